The van der Waals surface area contributed by atoms with Gasteiger partial charge in [0.1, 0.15) is 11.6 Å². The lowest BCUT2D eigenvalue weighted by molar-refractivity contribution is -0.144. The molecule has 3 rings (SSSR count). The summed E-state index contributed by atoms with van der Waals surface area (Å²) in [6.45, 7) is 0.379. The Hall–Kier alpha value is -2.68. The third kappa shape index (κ3) is 3.93. The van der Waals surface area contributed by atoms with Crippen LogP contribution in [0, 0.1) is 13.8 Å². The van der Waals surface area contributed by atoms with Crippen molar-refractivity contribution in [3.63, 3.8) is 0 Å². The number of carbonyl (C=O) groups is 1. The molecule has 3 aromatic heterocycles. The summed E-state index contributed by atoms with van der Waals surface area (Å²) in [5, 5.41) is 6.29. The molecule has 3 aromatic rings. The number of aryl methyl sites for hydroxylation is 1. The van der Waals surface area contributed by atoms with Crippen molar-refractivity contribution >= 4 is 17.3 Å². The minimum atomic E-state index is -2.74. The van der Waals surface area contributed by atoms with E-state index in [0.717, 1.165) is 10.7 Å². The summed E-state index contributed by atoms with van der Waals surface area (Å²) in [5.74, 6) is -0.516. The Balaban J connectivity index is 1.61. The van der Waals surface area contributed by atoms with Crippen LogP contribution in [0.5, 0.6) is 0 Å². The van der Waals surface area contributed by atoms with E-state index in [1.54, 1.807) is 18.5 Å². The van der Waals surface area contributed by atoms with Crippen LogP contribution in [-0.2, 0) is 22.6 Å². The van der Waals surface area contributed by atoms with Gasteiger partial charge in [-0.05, 0) is 26.0 Å². The molecular formula is C17H16F2N4O2S. The van der Waals surface area contributed by atoms with Crippen molar-refractivity contribution < 1.29 is 18.3 Å². The average Bonchev–Trinajstić information content (AvgIpc) is 3.21. The van der Waals surface area contributed by atoms with E-state index in [1.165, 1.54) is 18.3 Å². The predicted molar refractivity (Wildman–Crippen MR) is 91.8 cm³/mol. The van der Waals surface area contributed by atoms with E-state index in [1.807, 2.05) is 18.2 Å². The average molecular weight is 378 g/mol. The molecule has 0 atom stereocenters. The van der Waals surface area contributed by atoms with Gasteiger partial charge in [0.25, 0.3) is 0 Å². The van der Waals surface area contributed by atoms with E-state index >= 15 is 0 Å². The van der Waals surface area contributed by atoms with Crippen molar-refractivity contribution in [3.05, 3.63) is 52.4 Å². The zero-order chi connectivity index (χ0) is 18.7. The molecule has 0 aliphatic heterocycles. The molecular weight excluding hydrogens is 362 g/mol. The summed E-state index contributed by atoms with van der Waals surface area (Å²) in [4.78, 5) is 20.7. The minimum Gasteiger partial charge on any atom is -0.459 e. The molecule has 0 N–H and O–H groups in total. The number of esters is 1. The number of thiazole rings is 1. The Morgan fingerprint density at radius 1 is 1.35 bits per heavy atom. The number of hydrogen-bond acceptors (Lipinski definition) is 6. The van der Waals surface area contributed by atoms with E-state index in [4.69, 9.17) is 4.74 Å². The number of aromatic nitrogens is 4. The van der Waals surface area contributed by atoms with Crippen LogP contribution in [-0.4, -0.2) is 25.7 Å². The summed E-state index contributed by atoms with van der Waals surface area (Å²) in [7, 11) is 0. The Bertz CT molecular complexity index is 909. The first-order valence-electron chi connectivity index (χ1n) is 7.80. The molecule has 0 bridgehead atoms. The second-order valence-corrected chi connectivity index (χ2v) is 6.43. The molecule has 136 valence electrons. The van der Waals surface area contributed by atoms with Crippen LogP contribution in [0.4, 0.5) is 8.78 Å². The van der Waals surface area contributed by atoms with E-state index in [0.29, 0.717) is 21.6 Å². The van der Waals surface area contributed by atoms with Crippen LogP contribution in [0.2, 0.25) is 0 Å². The molecule has 0 unspecified atom stereocenters. The van der Waals surface area contributed by atoms with Crippen LogP contribution in [0.15, 0.2) is 29.8 Å². The predicted octanol–water partition coefficient (Wildman–Crippen LogP) is 3.70. The smallest absolute Gasteiger partial charge is 0.333 e. The topological polar surface area (TPSA) is 69.9 Å². The van der Waals surface area contributed by atoms with Gasteiger partial charge in [-0.3, -0.25) is 9.78 Å². The fourth-order valence-electron chi connectivity index (χ4n) is 2.47. The molecule has 6 nitrogen and oxygen atoms in total. The number of nitrogens with zero attached hydrogens (tertiary/aromatic N) is 4. The van der Waals surface area contributed by atoms with Crippen LogP contribution < -0.4 is 0 Å². The summed E-state index contributed by atoms with van der Waals surface area (Å²) in [6.07, 6.45) is 1.57. The van der Waals surface area contributed by atoms with Crippen LogP contribution in [0.1, 0.15) is 29.2 Å². The maximum atomic E-state index is 12.8. The fourth-order valence-corrected chi connectivity index (χ4v) is 3.25. The van der Waals surface area contributed by atoms with Gasteiger partial charge in [-0.1, -0.05) is 6.07 Å². The Morgan fingerprint density at radius 3 is 2.81 bits per heavy atom. The normalized spacial score (nSPS) is 11.1. The van der Waals surface area contributed by atoms with Gasteiger partial charge in [0.2, 0.25) is 0 Å². The highest BCUT2D eigenvalue weighted by molar-refractivity contribution is 7.13. The van der Waals surface area contributed by atoms with Gasteiger partial charge in [0.15, 0.2) is 0 Å². The van der Waals surface area contributed by atoms with E-state index < -0.39 is 12.5 Å². The number of rotatable bonds is 6. The molecule has 0 aliphatic rings. The van der Waals surface area contributed by atoms with Gasteiger partial charge in [-0.15, -0.1) is 11.3 Å². The number of alkyl halides is 2. The molecule has 0 spiro atoms. The van der Waals surface area contributed by atoms with Crippen molar-refractivity contribution in [3.8, 4) is 10.7 Å². The molecule has 0 aromatic carbocycles. The molecule has 0 saturated carbocycles. The van der Waals surface area contributed by atoms with Crippen LogP contribution >= 0.6 is 11.3 Å². The zero-order valence-electron chi connectivity index (χ0n) is 14.1. The van der Waals surface area contributed by atoms with Crippen molar-refractivity contribution in [2.75, 3.05) is 0 Å². The summed E-state index contributed by atoms with van der Waals surface area (Å²) >= 11 is 1.41. The molecule has 0 saturated heterocycles. The largest absolute Gasteiger partial charge is 0.459 e. The highest BCUT2D eigenvalue weighted by Crippen LogP contribution is 2.22. The number of carbonyl (C=O) groups excluding carboxylic acids is 1. The SMILES string of the molecule is Cc1nn(C(F)F)c(C)c1CC(=O)OCc1csc(-c2ccccn2)n1. The van der Waals surface area contributed by atoms with Gasteiger partial charge < -0.3 is 4.74 Å². The van der Waals surface area contributed by atoms with Crippen molar-refractivity contribution in [2.24, 2.45) is 0 Å². The lowest BCUT2D eigenvalue weighted by atomic mass is 10.1. The monoisotopic (exact) mass is 378 g/mol. The summed E-state index contributed by atoms with van der Waals surface area (Å²) in [5.41, 5.74) is 2.48. The number of halogens is 2. The molecule has 3 heterocycles. The first-order chi connectivity index (χ1) is 12.5. The van der Waals surface area contributed by atoms with E-state index in [9.17, 15) is 13.6 Å². The molecule has 0 fully saturated rings. The minimum absolute atomic E-state index is 0.0171. The van der Waals surface area contributed by atoms with Gasteiger partial charge in [0.05, 0.1) is 23.5 Å². The number of pyridine rings is 1. The highest BCUT2D eigenvalue weighted by Gasteiger charge is 2.20. The van der Waals surface area contributed by atoms with Crippen molar-refractivity contribution in [2.45, 2.75) is 33.4 Å². The van der Waals surface area contributed by atoms with Gasteiger partial charge in [-0.25, -0.2) is 9.67 Å². The first-order valence-corrected chi connectivity index (χ1v) is 8.68. The summed E-state index contributed by atoms with van der Waals surface area (Å²) < 4.78 is 31.5. The third-order valence-corrected chi connectivity index (χ3v) is 4.71. The zero-order valence-corrected chi connectivity index (χ0v) is 15.0. The van der Waals surface area contributed by atoms with Crippen LogP contribution in [0.25, 0.3) is 10.7 Å². The molecule has 0 aliphatic carbocycles. The highest BCUT2D eigenvalue weighted by atomic mass is 32.1. The second-order valence-electron chi connectivity index (χ2n) is 5.57. The Kier molecular flexibility index (Phi) is 5.36. The fraction of sp³-hybridized carbons (Fsp3) is 0.294. The van der Waals surface area contributed by atoms with Gasteiger partial charge in [0, 0.05) is 22.8 Å². The Morgan fingerprint density at radius 2 is 2.15 bits per heavy atom. The molecule has 26 heavy (non-hydrogen) atoms. The maximum Gasteiger partial charge on any atom is 0.333 e. The van der Waals surface area contributed by atoms with Crippen molar-refractivity contribution in [1.82, 2.24) is 19.7 Å². The maximum absolute atomic E-state index is 12.8. The molecule has 0 radical (unpaired) electrons. The molecule has 0 amide bonds. The van der Waals surface area contributed by atoms with Crippen LogP contribution in [0.3, 0.4) is 0 Å². The van der Waals surface area contributed by atoms with Gasteiger partial charge >= 0.3 is 12.5 Å². The summed E-state index contributed by atoms with van der Waals surface area (Å²) in [6, 6.07) is 5.54. The van der Waals surface area contributed by atoms with Crippen molar-refractivity contribution in [1.29, 1.82) is 0 Å². The molecule has 9 heteroatoms. The lowest BCUT2D eigenvalue weighted by Gasteiger charge is -2.05. The third-order valence-electron chi connectivity index (χ3n) is 3.80. The second kappa shape index (κ2) is 7.69. The Labute approximate surface area is 152 Å². The number of hydrogen-bond donors (Lipinski definition) is 0. The standard InChI is InChI=1S/C17H16F2N4O2S/c1-10-13(11(2)23(22-10)17(18)19)7-15(24)25-8-12-9-26-16(21-12)14-5-3-4-6-20-14/h3-6,9,17H,7-8H2,1-2H3. The lowest BCUT2D eigenvalue weighted by Crippen LogP contribution is -2.10. The first kappa shape index (κ1) is 18.1. The van der Waals surface area contributed by atoms with E-state index in [2.05, 4.69) is 15.1 Å². The van der Waals surface area contributed by atoms with E-state index in [-0.39, 0.29) is 18.7 Å². The number of ether oxygens (including phenoxy) is 1. The quantitative estimate of drug-likeness (QED) is 0.612. The van der Waals surface area contributed by atoms with Gasteiger partial charge in [-0.2, -0.15) is 13.9 Å².